The third-order valence-electron chi connectivity index (χ3n) is 2.75. The van der Waals surface area contributed by atoms with Crippen LogP contribution in [0, 0.1) is 3.57 Å². The number of nitrogens with one attached hydrogen (secondary N) is 2. The molecular weight excluding hydrogens is 408 g/mol. The Labute approximate surface area is 136 Å². The summed E-state index contributed by atoms with van der Waals surface area (Å²) in [5.74, 6) is 0. The Balaban J connectivity index is 2.06. The number of carbonyl (C=O) groups is 1. The van der Waals surface area contributed by atoms with Gasteiger partial charge in [0.2, 0.25) is 0 Å². The molecule has 2 amide bonds. The third kappa shape index (κ3) is 4.62. The number of amides is 2. The van der Waals surface area contributed by atoms with Gasteiger partial charge in [0, 0.05) is 0 Å². The molecule has 0 aliphatic rings. The maximum atomic E-state index is 12.6. The fraction of sp³-hybridized carbons (Fsp3) is 0.133. The number of alkyl halides is 4. The number of hydrogen-bond donors (Lipinski definition) is 2. The van der Waals surface area contributed by atoms with E-state index in [0.717, 1.165) is 15.7 Å². The van der Waals surface area contributed by atoms with E-state index in [1.165, 1.54) is 12.1 Å². The topological polar surface area (TPSA) is 41.1 Å². The number of carbonyl (C=O) groups excluding carboxylic acids is 1. The van der Waals surface area contributed by atoms with E-state index in [4.69, 9.17) is 0 Å². The first-order valence-corrected chi connectivity index (χ1v) is 9.47. The molecular formula is C15H13F3IN2O-. The number of halogens is 4. The SMILES string of the molecule is C[I-]c1cccc(NC(=O)Nc2cccc(C(F)(F)F)c2)c1. The first-order valence-electron chi connectivity index (χ1n) is 6.23. The molecule has 7 heteroatoms. The normalized spacial score (nSPS) is 11.3. The Morgan fingerprint density at radius 2 is 1.59 bits per heavy atom. The van der Waals surface area contributed by atoms with Gasteiger partial charge in [-0.05, 0) is 0 Å². The molecule has 2 N–H and O–H groups in total. The van der Waals surface area contributed by atoms with Crippen LogP contribution < -0.4 is 31.8 Å². The van der Waals surface area contributed by atoms with Gasteiger partial charge in [-0.3, -0.25) is 0 Å². The predicted octanol–water partition coefficient (Wildman–Crippen LogP) is 1.24. The number of anilines is 2. The van der Waals surface area contributed by atoms with Crippen LogP contribution in [0.2, 0.25) is 0 Å². The van der Waals surface area contributed by atoms with E-state index in [1.54, 1.807) is 6.07 Å². The molecule has 0 unspecified atom stereocenters. The van der Waals surface area contributed by atoms with Gasteiger partial charge in [0.05, 0.1) is 0 Å². The van der Waals surface area contributed by atoms with Crippen molar-refractivity contribution < 1.29 is 39.2 Å². The van der Waals surface area contributed by atoms with Crippen molar-refractivity contribution in [1.29, 1.82) is 0 Å². The Morgan fingerprint density at radius 3 is 2.18 bits per heavy atom. The van der Waals surface area contributed by atoms with E-state index in [9.17, 15) is 18.0 Å². The zero-order valence-electron chi connectivity index (χ0n) is 11.5. The van der Waals surface area contributed by atoms with Gasteiger partial charge in [-0.25, -0.2) is 0 Å². The van der Waals surface area contributed by atoms with Crippen molar-refractivity contribution in [2.24, 2.45) is 0 Å². The van der Waals surface area contributed by atoms with Gasteiger partial charge in [-0.15, -0.1) is 0 Å². The second kappa shape index (κ2) is 6.99. The molecule has 0 radical (unpaired) electrons. The Bertz CT molecular complexity index is 674. The Hall–Kier alpha value is -1.77. The first-order chi connectivity index (χ1) is 10.4. The molecule has 0 atom stereocenters. The van der Waals surface area contributed by atoms with E-state index < -0.39 is 17.8 Å². The fourth-order valence-electron chi connectivity index (χ4n) is 1.75. The average Bonchev–Trinajstić information content (AvgIpc) is 2.46. The van der Waals surface area contributed by atoms with E-state index >= 15 is 0 Å². The zero-order chi connectivity index (χ0) is 16.2. The van der Waals surface area contributed by atoms with Gasteiger partial charge < -0.3 is 0 Å². The molecule has 3 nitrogen and oxygen atoms in total. The number of rotatable bonds is 3. The molecule has 2 aromatic carbocycles. The molecule has 0 fully saturated rings. The van der Waals surface area contributed by atoms with Crippen LogP contribution in [0.15, 0.2) is 48.5 Å². The molecule has 0 aromatic heterocycles. The van der Waals surface area contributed by atoms with Crippen molar-refractivity contribution in [1.82, 2.24) is 0 Å². The van der Waals surface area contributed by atoms with Crippen LogP contribution in [0.25, 0.3) is 0 Å². The van der Waals surface area contributed by atoms with E-state index in [2.05, 4.69) is 15.6 Å². The molecule has 0 spiro atoms. The Morgan fingerprint density at radius 1 is 1.00 bits per heavy atom. The third-order valence-corrected chi connectivity index (χ3v) is 4.67. The van der Waals surface area contributed by atoms with Crippen LogP contribution >= 0.6 is 0 Å². The maximum absolute atomic E-state index is 12.6. The van der Waals surface area contributed by atoms with Gasteiger partial charge in [-0.2, -0.15) is 0 Å². The summed E-state index contributed by atoms with van der Waals surface area (Å²) in [7, 11) is 0. The van der Waals surface area contributed by atoms with Crippen LogP contribution in [0.5, 0.6) is 0 Å². The van der Waals surface area contributed by atoms with Gasteiger partial charge in [0.1, 0.15) is 0 Å². The van der Waals surface area contributed by atoms with Crippen molar-refractivity contribution in [3.63, 3.8) is 0 Å². The fourth-order valence-corrected chi connectivity index (χ4v) is 2.96. The molecule has 0 saturated carbocycles. The van der Waals surface area contributed by atoms with Crippen LogP contribution in [0.4, 0.5) is 29.3 Å². The molecule has 2 rings (SSSR count). The molecule has 22 heavy (non-hydrogen) atoms. The van der Waals surface area contributed by atoms with Crippen LogP contribution in [0.1, 0.15) is 5.56 Å². The second-order valence-corrected chi connectivity index (χ2v) is 6.68. The summed E-state index contributed by atoms with van der Waals surface area (Å²) in [5, 5.41) is 5.01. The summed E-state index contributed by atoms with van der Waals surface area (Å²) < 4.78 is 39.0. The summed E-state index contributed by atoms with van der Waals surface area (Å²) in [6, 6.07) is 11.3. The van der Waals surface area contributed by atoms with Gasteiger partial charge >= 0.3 is 136 Å². The van der Waals surface area contributed by atoms with Gasteiger partial charge in [0.25, 0.3) is 0 Å². The zero-order valence-corrected chi connectivity index (χ0v) is 13.7. The number of hydrogen-bond acceptors (Lipinski definition) is 1. The van der Waals surface area contributed by atoms with E-state index in [0.29, 0.717) is 5.69 Å². The van der Waals surface area contributed by atoms with E-state index in [1.807, 2.05) is 18.2 Å². The minimum atomic E-state index is -4.44. The monoisotopic (exact) mass is 421 g/mol. The molecule has 2 aromatic rings. The summed E-state index contributed by atoms with van der Waals surface area (Å²) in [5.41, 5.74) is -0.0991. The van der Waals surface area contributed by atoms with Gasteiger partial charge in [0.15, 0.2) is 0 Å². The van der Waals surface area contributed by atoms with Crippen LogP contribution in [-0.4, -0.2) is 11.0 Å². The quantitative estimate of drug-likeness (QED) is 0.569. The van der Waals surface area contributed by atoms with Gasteiger partial charge in [-0.1, -0.05) is 0 Å². The molecule has 0 aliphatic heterocycles. The first kappa shape index (κ1) is 16.6. The van der Waals surface area contributed by atoms with E-state index in [-0.39, 0.29) is 26.9 Å². The minimum absolute atomic E-state index is 0.0893. The molecule has 0 aliphatic carbocycles. The number of urea groups is 1. The molecule has 0 saturated heterocycles. The summed E-state index contributed by atoms with van der Waals surface area (Å²) in [6.45, 7) is 0. The molecule has 118 valence electrons. The average molecular weight is 421 g/mol. The van der Waals surface area contributed by atoms with Crippen molar-refractivity contribution in [2.45, 2.75) is 6.18 Å². The molecule has 0 bridgehead atoms. The van der Waals surface area contributed by atoms with Crippen molar-refractivity contribution in [2.75, 3.05) is 15.6 Å². The van der Waals surface area contributed by atoms with Crippen LogP contribution in [0.3, 0.4) is 0 Å². The van der Waals surface area contributed by atoms with Crippen molar-refractivity contribution in [3.8, 4) is 0 Å². The van der Waals surface area contributed by atoms with Crippen molar-refractivity contribution in [3.05, 3.63) is 57.7 Å². The van der Waals surface area contributed by atoms with Crippen LogP contribution in [-0.2, 0) is 6.18 Å². The standard InChI is InChI=1S/C15H13F3IN2O/c1-19-11-5-3-7-13(9-11)21-14(22)20-12-6-2-4-10(8-12)15(16,17)18/h2-9H,1H3,(H2,20,21,22)/q-1. The summed E-state index contributed by atoms with van der Waals surface area (Å²) in [4.78, 5) is 13.9. The summed E-state index contributed by atoms with van der Waals surface area (Å²) in [6.07, 6.45) is -4.44. The Kier molecular flexibility index (Phi) is 5.28. The summed E-state index contributed by atoms with van der Waals surface area (Å²) >= 11 is -0.0970. The second-order valence-electron chi connectivity index (χ2n) is 4.36. The predicted molar refractivity (Wildman–Crippen MR) is 75.1 cm³/mol. The number of benzene rings is 2. The van der Waals surface area contributed by atoms with Crippen molar-refractivity contribution >= 4 is 17.4 Å². The molecule has 0 heterocycles.